The van der Waals surface area contributed by atoms with E-state index in [0.717, 1.165) is 15.6 Å². The third-order valence-corrected chi connectivity index (χ3v) is 6.39. The fourth-order valence-electron chi connectivity index (χ4n) is 3.49. The van der Waals surface area contributed by atoms with Gasteiger partial charge in [-0.15, -0.1) is 0 Å². The topological polar surface area (TPSA) is 98.2 Å². The van der Waals surface area contributed by atoms with Crippen LogP contribution in [0.25, 0.3) is 0 Å². The fraction of sp³-hybridized carbons (Fsp3) is 0.222. The second-order valence-electron chi connectivity index (χ2n) is 8.60. The van der Waals surface area contributed by atoms with Gasteiger partial charge >= 0.3 is 0 Å². The number of carbonyl (C=O) groups excluding carboxylic acids is 2. The Morgan fingerprint density at radius 1 is 1.08 bits per heavy atom. The minimum Gasteiger partial charge on any atom is -0.488 e. The summed E-state index contributed by atoms with van der Waals surface area (Å²) in [5.41, 5.74) is 4.62. The van der Waals surface area contributed by atoms with Crippen LogP contribution in [0.15, 0.2) is 70.2 Å². The lowest BCUT2D eigenvalue weighted by molar-refractivity contribution is -0.123. The van der Waals surface area contributed by atoms with E-state index in [1.165, 1.54) is 6.21 Å². The van der Waals surface area contributed by atoms with E-state index >= 15 is 0 Å². The first-order chi connectivity index (χ1) is 17.8. The van der Waals surface area contributed by atoms with Crippen LogP contribution in [0, 0.1) is 5.92 Å². The van der Waals surface area contributed by atoms with E-state index in [0.29, 0.717) is 34.4 Å². The molecule has 1 heterocycles. The van der Waals surface area contributed by atoms with Gasteiger partial charge in [-0.3, -0.25) is 9.59 Å². The highest BCUT2D eigenvalue weighted by Gasteiger charge is 2.25. The molecule has 1 unspecified atom stereocenters. The van der Waals surface area contributed by atoms with Crippen molar-refractivity contribution in [2.75, 3.05) is 6.79 Å². The van der Waals surface area contributed by atoms with E-state index in [2.05, 4.69) is 31.8 Å². The molecule has 0 radical (unpaired) electrons. The normalized spacial score (nSPS) is 13.0. The van der Waals surface area contributed by atoms with Crippen molar-refractivity contribution < 1.29 is 23.8 Å². The zero-order valence-electron chi connectivity index (χ0n) is 20.2. The minimum absolute atomic E-state index is 0.116. The van der Waals surface area contributed by atoms with Crippen molar-refractivity contribution in [2.24, 2.45) is 11.0 Å². The number of benzene rings is 3. The van der Waals surface area contributed by atoms with Gasteiger partial charge in [0.05, 0.1) is 10.7 Å². The van der Waals surface area contributed by atoms with Gasteiger partial charge in [-0.25, -0.2) is 5.43 Å². The molecule has 0 saturated heterocycles. The van der Waals surface area contributed by atoms with Gasteiger partial charge in [-0.1, -0.05) is 37.6 Å². The van der Waals surface area contributed by atoms with Crippen LogP contribution in [0.2, 0.25) is 5.02 Å². The summed E-state index contributed by atoms with van der Waals surface area (Å²) in [6.45, 7) is 4.19. The van der Waals surface area contributed by atoms with Crippen molar-refractivity contribution in [2.45, 2.75) is 26.5 Å². The Morgan fingerprint density at radius 2 is 1.84 bits per heavy atom. The molecule has 2 N–H and O–H groups in total. The first-order valence-corrected chi connectivity index (χ1v) is 12.7. The van der Waals surface area contributed by atoms with Crippen LogP contribution in [-0.2, 0) is 11.4 Å². The molecule has 0 aliphatic carbocycles. The van der Waals surface area contributed by atoms with E-state index < -0.39 is 17.9 Å². The largest absolute Gasteiger partial charge is 0.488 e. The molecule has 0 aromatic heterocycles. The van der Waals surface area contributed by atoms with E-state index in [1.54, 1.807) is 18.2 Å². The van der Waals surface area contributed by atoms with Crippen molar-refractivity contribution in [1.82, 2.24) is 10.7 Å². The lowest BCUT2D eigenvalue weighted by Crippen LogP contribution is -2.48. The third kappa shape index (κ3) is 7.02. The molecule has 2 amide bonds. The summed E-state index contributed by atoms with van der Waals surface area (Å²) in [4.78, 5) is 25.5. The van der Waals surface area contributed by atoms with Crippen molar-refractivity contribution in [1.29, 1.82) is 0 Å². The molecule has 1 aliphatic rings. The van der Waals surface area contributed by atoms with Crippen molar-refractivity contribution >= 4 is 45.6 Å². The number of fused-ring (bicyclic) bond motifs is 1. The zero-order chi connectivity index (χ0) is 26.4. The van der Waals surface area contributed by atoms with Gasteiger partial charge in [0.15, 0.2) is 11.5 Å². The first kappa shape index (κ1) is 26.5. The lowest BCUT2D eigenvalue weighted by Gasteiger charge is -2.20. The molecular weight excluding hydrogens is 562 g/mol. The predicted molar refractivity (Wildman–Crippen MR) is 144 cm³/mol. The van der Waals surface area contributed by atoms with Crippen LogP contribution in [0.5, 0.6) is 17.2 Å². The molecule has 10 heteroatoms. The van der Waals surface area contributed by atoms with Crippen molar-refractivity contribution in [3.8, 4) is 17.2 Å². The molecule has 3 aromatic carbocycles. The Bertz CT molecular complexity index is 1310. The SMILES string of the molecule is CC(C)C(NC(=O)c1ccc2c(c1)OCO2)C(=O)N/N=C/c1ccc(OCc2ccc(Cl)cc2)c(Br)c1. The van der Waals surface area contributed by atoms with Crippen LogP contribution >= 0.6 is 27.5 Å². The lowest BCUT2D eigenvalue weighted by atomic mass is 10.0. The average molecular weight is 587 g/mol. The number of hydrazone groups is 1. The number of hydrogen-bond acceptors (Lipinski definition) is 6. The third-order valence-electron chi connectivity index (χ3n) is 5.52. The maximum absolute atomic E-state index is 12.8. The summed E-state index contributed by atoms with van der Waals surface area (Å²) in [5.74, 6) is 0.755. The van der Waals surface area contributed by atoms with Crippen LogP contribution in [0.3, 0.4) is 0 Å². The number of carbonyl (C=O) groups is 2. The van der Waals surface area contributed by atoms with Gasteiger partial charge in [0, 0.05) is 10.6 Å². The predicted octanol–water partition coefficient (Wildman–Crippen LogP) is 5.31. The van der Waals surface area contributed by atoms with Crippen LogP contribution in [0.1, 0.15) is 35.3 Å². The Kier molecular flexibility index (Phi) is 8.68. The number of hydrogen-bond donors (Lipinski definition) is 2. The molecule has 0 saturated carbocycles. The second kappa shape index (κ2) is 12.1. The highest BCUT2D eigenvalue weighted by Crippen LogP contribution is 2.32. The second-order valence-corrected chi connectivity index (χ2v) is 9.89. The van der Waals surface area contributed by atoms with Crippen molar-refractivity contribution in [3.63, 3.8) is 0 Å². The van der Waals surface area contributed by atoms with E-state index in [1.807, 2.05) is 56.3 Å². The van der Waals surface area contributed by atoms with E-state index in [9.17, 15) is 9.59 Å². The summed E-state index contributed by atoms with van der Waals surface area (Å²) in [6, 6.07) is 17.0. The standard InChI is InChI=1S/C27H25BrClN3O5/c1-16(2)25(31-26(33)19-6-10-23-24(12-19)37-15-36-23)27(34)32-30-13-18-5-9-22(21(28)11-18)35-14-17-3-7-20(29)8-4-17/h3-13,16,25H,14-15H2,1-2H3,(H,31,33)(H,32,34)/b30-13+. The number of rotatable bonds is 9. The Balaban J connectivity index is 1.32. The number of amides is 2. The number of halogens is 2. The summed E-state index contributed by atoms with van der Waals surface area (Å²) in [7, 11) is 0. The Labute approximate surface area is 228 Å². The molecule has 3 aromatic rings. The highest BCUT2D eigenvalue weighted by atomic mass is 79.9. The number of nitrogens with zero attached hydrogens (tertiary/aromatic N) is 1. The summed E-state index contributed by atoms with van der Waals surface area (Å²) in [6.07, 6.45) is 1.52. The molecule has 1 aliphatic heterocycles. The molecule has 192 valence electrons. The quantitative estimate of drug-likeness (QED) is 0.261. The molecule has 37 heavy (non-hydrogen) atoms. The maximum atomic E-state index is 12.8. The van der Waals surface area contributed by atoms with Crippen LogP contribution < -0.4 is 25.0 Å². The molecule has 0 bridgehead atoms. The molecule has 0 fully saturated rings. The molecule has 8 nitrogen and oxygen atoms in total. The highest BCUT2D eigenvalue weighted by molar-refractivity contribution is 9.10. The van der Waals surface area contributed by atoms with Gasteiger partial charge in [-0.05, 0) is 81.5 Å². The van der Waals surface area contributed by atoms with Crippen LogP contribution in [0.4, 0.5) is 0 Å². The fourth-order valence-corrected chi connectivity index (χ4v) is 4.13. The summed E-state index contributed by atoms with van der Waals surface area (Å²) < 4.78 is 17.2. The van der Waals surface area contributed by atoms with Gasteiger partial charge in [0.2, 0.25) is 6.79 Å². The van der Waals surface area contributed by atoms with E-state index in [-0.39, 0.29) is 12.7 Å². The average Bonchev–Trinajstić information content (AvgIpc) is 3.35. The monoisotopic (exact) mass is 585 g/mol. The maximum Gasteiger partial charge on any atom is 0.262 e. The molecular formula is C27H25BrClN3O5. The number of ether oxygens (including phenoxy) is 3. The van der Waals surface area contributed by atoms with Gasteiger partial charge < -0.3 is 19.5 Å². The molecule has 1 atom stereocenters. The summed E-state index contributed by atoms with van der Waals surface area (Å²) in [5, 5.41) is 7.50. The zero-order valence-corrected chi connectivity index (χ0v) is 22.5. The van der Waals surface area contributed by atoms with Gasteiger partial charge in [0.25, 0.3) is 11.8 Å². The van der Waals surface area contributed by atoms with Crippen LogP contribution in [-0.4, -0.2) is 30.9 Å². The number of nitrogens with one attached hydrogen (secondary N) is 2. The Morgan fingerprint density at radius 3 is 2.57 bits per heavy atom. The van der Waals surface area contributed by atoms with Crippen molar-refractivity contribution in [3.05, 3.63) is 86.8 Å². The molecule has 4 rings (SSSR count). The smallest absolute Gasteiger partial charge is 0.262 e. The van der Waals surface area contributed by atoms with Gasteiger partial charge in [-0.2, -0.15) is 5.10 Å². The first-order valence-electron chi connectivity index (χ1n) is 11.5. The minimum atomic E-state index is -0.787. The summed E-state index contributed by atoms with van der Waals surface area (Å²) >= 11 is 9.42. The van der Waals surface area contributed by atoms with Gasteiger partial charge in [0.1, 0.15) is 18.4 Å². The molecule has 0 spiro atoms. The van der Waals surface area contributed by atoms with E-state index in [4.69, 9.17) is 25.8 Å². The Hall–Kier alpha value is -3.56.